The number of carbonyl (C=O) groups excluding carboxylic acids is 2. The number of rotatable bonds is 9. The highest BCUT2D eigenvalue weighted by Gasteiger charge is 2.60. The number of nitrogens with one attached hydrogen (secondary N) is 1. The van der Waals surface area contributed by atoms with Crippen molar-refractivity contribution in [3.63, 3.8) is 0 Å². The number of aryl methyl sites for hydroxylation is 1. The molecule has 174 valence electrons. The summed E-state index contributed by atoms with van der Waals surface area (Å²) in [5.74, 6) is -2.69. The summed E-state index contributed by atoms with van der Waals surface area (Å²) in [7, 11) is 0. The Morgan fingerprint density at radius 2 is 2.03 bits per heavy atom. The highest BCUT2D eigenvalue weighted by atomic mass is 32.2. The average molecular weight is 488 g/mol. The highest BCUT2D eigenvalue weighted by Crippen LogP contribution is 2.52. The number of nitrogens with zero attached hydrogens (tertiary/aromatic N) is 2. The van der Waals surface area contributed by atoms with Gasteiger partial charge in [-0.3, -0.25) is 9.59 Å². The summed E-state index contributed by atoms with van der Waals surface area (Å²) >= 11 is 2.43. The first-order valence-electron chi connectivity index (χ1n) is 10.7. The van der Waals surface area contributed by atoms with Crippen molar-refractivity contribution in [2.75, 3.05) is 6.54 Å². The molecule has 0 radical (unpaired) electrons. The zero-order valence-electron chi connectivity index (χ0n) is 18.2. The maximum atomic E-state index is 12.5. The van der Waals surface area contributed by atoms with Crippen molar-refractivity contribution in [3.05, 3.63) is 57.6 Å². The lowest BCUT2D eigenvalue weighted by Gasteiger charge is -2.46. The average Bonchev–Trinajstić information content (AvgIpc) is 3.34. The number of β-lactam (4-membered cyclic amide) rings is 1. The van der Waals surface area contributed by atoms with Gasteiger partial charge in [-0.25, -0.2) is 9.78 Å². The molecule has 2 amide bonds. The SMILES string of the molecule is C[C@@H](O)[C@H]1C(=O)N2C(C(=O)O)=C(Sc3nc(C(=O)NCCCc4ccccc4)cs3)[C@H](C)[C@H]12. The third-order valence-corrected chi connectivity index (χ3v) is 8.22. The number of carbonyl (C=O) groups is 3. The quantitative estimate of drug-likeness (QED) is 0.367. The van der Waals surface area contributed by atoms with Crippen LogP contribution in [0.1, 0.15) is 36.3 Å². The van der Waals surface area contributed by atoms with Crippen LogP contribution in [0, 0.1) is 11.8 Å². The van der Waals surface area contributed by atoms with E-state index in [0.29, 0.717) is 15.8 Å². The van der Waals surface area contributed by atoms with Gasteiger partial charge in [-0.1, -0.05) is 49.0 Å². The molecule has 33 heavy (non-hydrogen) atoms. The molecule has 0 spiro atoms. The van der Waals surface area contributed by atoms with Crippen LogP contribution in [-0.2, 0) is 16.0 Å². The van der Waals surface area contributed by atoms with Crippen LogP contribution in [0.4, 0.5) is 0 Å². The predicted octanol–water partition coefficient (Wildman–Crippen LogP) is 2.75. The number of thiazole rings is 1. The molecule has 1 saturated heterocycles. The predicted molar refractivity (Wildman–Crippen MR) is 125 cm³/mol. The van der Waals surface area contributed by atoms with E-state index in [1.807, 2.05) is 25.1 Å². The summed E-state index contributed by atoms with van der Waals surface area (Å²) in [4.78, 5) is 43.0. The first kappa shape index (κ1) is 23.5. The van der Waals surface area contributed by atoms with Crippen molar-refractivity contribution in [2.24, 2.45) is 11.8 Å². The van der Waals surface area contributed by atoms with Crippen molar-refractivity contribution in [2.45, 2.75) is 43.2 Å². The van der Waals surface area contributed by atoms with Crippen LogP contribution in [0.5, 0.6) is 0 Å². The van der Waals surface area contributed by atoms with Gasteiger partial charge in [0.1, 0.15) is 11.4 Å². The molecule has 0 aliphatic carbocycles. The van der Waals surface area contributed by atoms with Crippen LogP contribution in [0.15, 0.2) is 50.7 Å². The lowest BCUT2D eigenvalue weighted by molar-refractivity contribution is -0.163. The summed E-state index contributed by atoms with van der Waals surface area (Å²) in [6.07, 6.45) is 0.828. The molecule has 4 atom stereocenters. The van der Waals surface area contributed by atoms with Crippen molar-refractivity contribution in [1.29, 1.82) is 0 Å². The zero-order chi connectivity index (χ0) is 23.7. The van der Waals surface area contributed by atoms with E-state index in [0.717, 1.165) is 12.8 Å². The van der Waals surface area contributed by atoms with Gasteiger partial charge in [0.2, 0.25) is 5.91 Å². The topological polar surface area (TPSA) is 120 Å². The number of aliphatic hydroxyl groups excluding tert-OH is 1. The van der Waals surface area contributed by atoms with E-state index in [1.54, 1.807) is 12.3 Å². The van der Waals surface area contributed by atoms with E-state index in [-0.39, 0.29) is 35.2 Å². The highest BCUT2D eigenvalue weighted by molar-refractivity contribution is 8.04. The summed E-state index contributed by atoms with van der Waals surface area (Å²) < 4.78 is 0.536. The van der Waals surface area contributed by atoms with Gasteiger partial charge in [-0.05, 0) is 25.3 Å². The molecule has 1 aromatic heterocycles. The molecule has 2 aliphatic heterocycles. The normalized spacial score (nSPS) is 22.7. The third kappa shape index (κ3) is 4.55. The second-order valence-corrected chi connectivity index (χ2v) is 10.4. The number of amides is 2. The molecule has 2 aliphatic rings. The number of aromatic nitrogens is 1. The van der Waals surface area contributed by atoms with Crippen LogP contribution >= 0.6 is 23.1 Å². The fourth-order valence-corrected chi connectivity index (χ4v) is 6.46. The lowest BCUT2D eigenvalue weighted by Crippen LogP contribution is -2.63. The molecule has 0 saturated carbocycles. The molecule has 4 rings (SSSR count). The third-order valence-electron chi connectivity index (χ3n) is 5.99. The van der Waals surface area contributed by atoms with Crippen LogP contribution in [0.2, 0.25) is 0 Å². The molecule has 1 fully saturated rings. The standard InChI is InChI=1S/C23H25N3O5S2/c1-12-17-16(13(2)27)21(29)26(17)18(22(30)31)19(12)33-23-25-15(11-32-23)20(28)24-10-6-9-14-7-4-3-5-8-14/h3-5,7-8,11-13,16-17,27H,6,9-10H2,1-2H3,(H,24,28)(H,30,31)/t12-,13-,16-,17-/m1/s1. The minimum absolute atomic E-state index is 0.0542. The summed E-state index contributed by atoms with van der Waals surface area (Å²) in [6.45, 7) is 3.92. The van der Waals surface area contributed by atoms with Crippen LogP contribution in [-0.4, -0.2) is 56.6 Å². The molecule has 0 bridgehead atoms. The van der Waals surface area contributed by atoms with Gasteiger partial charge in [0.15, 0.2) is 4.34 Å². The van der Waals surface area contributed by atoms with Gasteiger partial charge >= 0.3 is 5.97 Å². The maximum Gasteiger partial charge on any atom is 0.353 e. The Balaban J connectivity index is 1.39. The Labute approximate surface area is 199 Å². The molecule has 2 aromatic rings. The molecule has 3 N–H and O–H groups in total. The molecular weight excluding hydrogens is 462 g/mol. The molecule has 10 heteroatoms. The first-order valence-corrected chi connectivity index (χ1v) is 12.4. The Kier molecular flexibility index (Phi) is 6.87. The number of carboxylic acids is 1. The van der Waals surface area contributed by atoms with Gasteiger partial charge < -0.3 is 20.4 Å². The monoisotopic (exact) mass is 487 g/mol. The van der Waals surface area contributed by atoms with Gasteiger partial charge in [0, 0.05) is 22.7 Å². The molecule has 1 aromatic carbocycles. The largest absolute Gasteiger partial charge is 0.477 e. The van der Waals surface area contributed by atoms with E-state index in [9.17, 15) is 24.6 Å². The zero-order valence-corrected chi connectivity index (χ0v) is 19.9. The number of hydrogen-bond donors (Lipinski definition) is 3. The Morgan fingerprint density at radius 1 is 1.30 bits per heavy atom. The lowest BCUT2D eigenvalue weighted by atomic mass is 9.79. The van der Waals surface area contributed by atoms with Crippen molar-refractivity contribution in [3.8, 4) is 0 Å². The van der Waals surface area contributed by atoms with E-state index in [1.165, 1.54) is 33.6 Å². The van der Waals surface area contributed by atoms with Crippen molar-refractivity contribution in [1.82, 2.24) is 15.2 Å². The number of hydrogen-bond acceptors (Lipinski definition) is 7. The van der Waals surface area contributed by atoms with E-state index >= 15 is 0 Å². The number of benzene rings is 1. The number of fused-ring (bicyclic) bond motifs is 1. The first-order chi connectivity index (χ1) is 15.8. The van der Waals surface area contributed by atoms with E-state index in [2.05, 4.69) is 22.4 Å². The smallest absolute Gasteiger partial charge is 0.353 e. The van der Waals surface area contributed by atoms with Gasteiger partial charge in [-0.2, -0.15) is 0 Å². The second kappa shape index (κ2) is 9.66. The Morgan fingerprint density at radius 3 is 2.70 bits per heavy atom. The summed E-state index contributed by atoms with van der Waals surface area (Å²) in [5, 5.41) is 24.2. The van der Waals surface area contributed by atoms with Gasteiger partial charge in [-0.15, -0.1) is 11.3 Å². The number of carboxylic acid groups (broad SMARTS) is 1. The van der Waals surface area contributed by atoms with Crippen molar-refractivity contribution < 1.29 is 24.6 Å². The minimum atomic E-state index is -1.18. The molecular formula is C23H25N3O5S2. The van der Waals surface area contributed by atoms with Crippen LogP contribution < -0.4 is 5.32 Å². The molecule has 3 heterocycles. The number of aliphatic carboxylic acids is 1. The Bertz CT molecular complexity index is 1100. The van der Waals surface area contributed by atoms with E-state index < -0.39 is 18.0 Å². The number of aliphatic hydroxyl groups is 1. The van der Waals surface area contributed by atoms with Crippen LogP contribution in [0.25, 0.3) is 0 Å². The maximum absolute atomic E-state index is 12.5. The minimum Gasteiger partial charge on any atom is -0.477 e. The molecule has 0 unspecified atom stereocenters. The Hall–Kier alpha value is -2.69. The molecule has 8 nitrogen and oxygen atoms in total. The van der Waals surface area contributed by atoms with Crippen LogP contribution in [0.3, 0.4) is 0 Å². The van der Waals surface area contributed by atoms with Gasteiger partial charge in [0.05, 0.1) is 18.1 Å². The van der Waals surface area contributed by atoms with Crippen molar-refractivity contribution >= 4 is 40.9 Å². The number of thioether (sulfide) groups is 1. The van der Waals surface area contributed by atoms with Gasteiger partial charge in [0.25, 0.3) is 5.91 Å². The summed E-state index contributed by atoms with van der Waals surface area (Å²) in [6, 6.07) is 9.67. The fourth-order valence-electron chi connectivity index (χ4n) is 4.39. The summed E-state index contributed by atoms with van der Waals surface area (Å²) in [5.41, 5.74) is 1.45. The second-order valence-electron chi connectivity index (χ2n) is 8.22. The van der Waals surface area contributed by atoms with E-state index in [4.69, 9.17) is 0 Å². The fraction of sp³-hybridized carbons (Fsp3) is 0.391.